The predicted molar refractivity (Wildman–Crippen MR) is 96.1 cm³/mol. The van der Waals surface area contributed by atoms with Crippen LogP contribution in [0.15, 0.2) is 29.3 Å². The number of nitrogens with one attached hydrogen (secondary N) is 1. The van der Waals surface area contributed by atoms with Crippen LogP contribution in [0.5, 0.6) is 5.75 Å². The Hall–Kier alpha value is -0.980. The predicted octanol–water partition coefficient (Wildman–Crippen LogP) is 2.81. The van der Waals surface area contributed by atoms with Crippen LogP contribution in [0, 0.1) is 5.92 Å². The van der Waals surface area contributed by atoms with Crippen molar-refractivity contribution in [1.29, 1.82) is 0 Å². The first kappa shape index (κ1) is 19.0. The average Bonchev–Trinajstić information content (AvgIpc) is 2.39. The smallest absolute Gasteiger partial charge is 0.188 e. The van der Waals surface area contributed by atoms with Crippen molar-refractivity contribution in [2.75, 3.05) is 20.2 Å². The second-order valence-corrected chi connectivity index (χ2v) is 4.94. The Labute approximate surface area is 139 Å². The van der Waals surface area contributed by atoms with Gasteiger partial charge in [0.25, 0.3) is 0 Å². The Balaban J connectivity index is 0.00000361. The zero-order valence-corrected chi connectivity index (χ0v) is 14.9. The molecule has 1 aromatic rings. The fraction of sp³-hybridized carbons (Fsp3) is 0.533. The summed E-state index contributed by atoms with van der Waals surface area (Å²) in [5.41, 5.74) is 6.98. The fourth-order valence-electron chi connectivity index (χ4n) is 1.73. The average molecular weight is 391 g/mol. The quantitative estimate of drug-likeness (QED) is 0.427. The van der Waals surface area contributed by atoms with Gasteiger partial charge in [0.15, 0.2) is 5.96 Å². The summed E-state index contributed by atoms with van der Waals surface area (Å²) in [6.07, 6.45) is 1.93. The summed E-state index contributed by atoms with van der Waals surface area (Å²) in [4.78, 5) is 4.29. The Morgan fingerprint density at radius 1 is 1.35 bits per heavy atom. The van der Waals surface area contributed by atoms with Gasteiger partial charge in [0.05, 0.1) is 7.11 Å². The van der Waals surface area contributed by atoms with Crippen LogP contribution in [0.4, 0.5) is 0 Å². The molecule has 0 fully saturated rings. The molecule has 0 atom stereocenters. The van der Waals surface area contributed by atoms with E-state index in [0.29, 0.717) is 11.9 Å². The first-order valence-corrected chi connectivity index (χ1v) is 6.79. The number of hydrogen-bond acceptors (Lipinski definition) is 2. The Kier molecular flexibility index (Phi) is 10.2. The van der Waals surface area contributed by atoms with Gasteiger partial charge in [0.2, 0.25) is 0 Å². The summed E-state index contributed by atoms with van der Waals surface area (Å²) < 4.78 is 5.30. The molecule has 114 valence electrons. The molecule has 0 aromatic heterocycles. The maximum absolute atomic E-state index is 5.80. The molecule has 0 aliphatic rings. The second-order valence-electron chi connectivity index (χ2n) is 4.94. The van der Waals surface area contributed by atoms with Crippen molar-refractivity contribution >= 4 is 29.9 Å². The molecule has 4 nitrogen and oxygen atoms in total. The van der Waals surface area contributed by atoms with E-state index in [2.05, 4.69) is 30.2 Å². The third kappa shape index (κ3) is 7.57. The van der Waals surface area contributed by atoms with E-state index < -0.39 is 0 Å². The van der Waals surface area contributed by atoms with Crippen LogP contribution < -0.4 is 15.8 Å². The lowest BCUT2D eigenvalue weighted by Gasteiger charge is -2.09. The molecule has 0 aliphatic heterocycles. The van der Waals surface area contributed by atoms with Crippen molar-refractivity contribution in [2.24, 2.45) is 16.6 Å². The first-order valence-electron chi connectivity index (χ1n) is 6.79. The summed E-state index contributed by atoms with van der Waals surface area (Å²) >= 11 is 0. The molecule has 0 spiro atoms. The Bertz CT molecular complexity index is 408. The van der Waals surface area contributed by atoms with E-state index >= 15 is 0 Å². The third-order valence-corrected chi connectivity index (χ3v) is 2.88. The number of nitrogens with zero attached hydrogens (tertiary/aromatic N) is 1. The van der Waals surface area contributed by atoms with E-state index in [-0.39, 0.29) is 24.0 Å². The molecular formula is C15H26IN3O. The molecular weight excluding hydrogens is 365 g/mol. The largest absolute Gasteiger partial charge is 0.496 e. The maximum Gasteiger partial charge on any atom is 0.188 e. The summed E-state index contributed by atoms with van der Waals surface area (Å²) in [6, 6.07) is 8.01. The third-order valence-electron chi connectivity index (χ3n) is 2.88. The Morgan fingerprint density at radius 3 is 2.70 bits per heavy atom. The van der Waals surface area contributed by atoms with Crippen molar-refractivity contribution in [3.05, 3.63) is 29.8 Å². The van der Waals surface area contributed by atoms with Gasteiger partial charge in [-0.15, -0.1) is 24.0 Å². The highest BCUT2D eigenvalue weighted by molar-refractivity contribution is 14.0. The molecule has 0 unspecified atom stereocenters. The number of aliphatic imine (C=N–C) groups is 1. The fourth-order valence-corrected chi connectivity index (χ4v) is 1.73. The van der Waals surface area contributed by atoms with Crippen molar-refractivity contribution in [1.82, 2.24) is 5.32 Å². The summed E-state index contributed by atoms with van der Waals surface area (Å²) in [6.45, 7) is 5.91. The van der Waals surface area contributed by atoms with E-state index in [1.165, 1.54) is 5.56 Å². The number of halogens is 1. The number of hydrogen-bond donors (Lipinski definition) is 2. The lowest BCUT2D eigenvalue weighted by atomic mass is 10.1. The molecule has 1 rings (SSSR count). The number of ether oxygens (including phenoxy) is 1. The van der Waals surface area contributed by atoms with Crippen LogP contribution in [0.1, 0.15) is 25.8 Å². The minimum atomic E-state index is 0. The zero-order valence-electron chi connectivity index (χ0n) is 12.6. The van der Waals surface area contributed by atoms with Crippen LogP contribution >= 0.6 is 24.0 Å². The number of para-hydroxylation sites is 1. The van der Waals surface area contributed by atoms with Crippen LogP contribution in [0.3, 0.4) is 0 Å². The normalized spacial score (nSPS) is 11.1. The SMILES string of the molecule is COc1ccccc1CCNC(N)=NCCC(C)C.I. The molecule has 0 amide bonds. The van der Waals surface area contributed by atoms with Crippen LogP contribution in [-0.2, 0) is 6.42 Å². The summed E-state index contributed by atoms with van der Waals surface area (Å²) in [7, 11) is 1.69. The number of benzene rings is 1. The van der Waals surface area contributed by atoms with Crippen molar-refractivity contribution in [3.8, 4) is 5.75 Å². The van der Waals surface area contributed by atoms with Crippen molar-refractivity contribution in [2.45, 2.75) is 26.7 Å². The molecule has 0 radical (unpaired) electrons. The number of methoxy groups -OCH3 is 1. The van der Waals surface area contributed by atoms with E-state index in [4.69, 9.17) is 10.5 Å². The molecule has 5 heteroatoms. The molecule has 0 saturated carbocycles. The lowest BCUT2D eigenvalue weighted by molar-refractivity contribution is 0.409. The van der Waals surface area contributed by atoms with Crippen molar-refractivity contribution < 1.29 is 4.74 Å². The highest BCUT2D eigenvalue weighted by Crippen LogP contribution is 2.17. The topological polar surface area (TPSA) is 59.6 Å². The highest BCUT2D eigenvalue weighted by Gasteiger charge is 2.01. The van der Waals surface area contributed by atoms with E-state index in [1.807, 2.05) is 18.2 Å². The second kappa shape index (κ2) is 10.8. The van der Waals surface area contributed by atoms with Gasteiger partial charge in [0, 0.05) is 13.1 Å². The molecule has 20 heavy (non-hydrogen) atoms. The van der Waals surface area contributed by atoms with Gasteiger partial charge < -0.3 is 15.8 Å². The molecule has 3 N–H and O–H groups in total. The van der Waals surface area contributed by atoms with Gasteiger partial charge in [-0.25, -0.2) is 0 Å². The van der Waals surface area contributed by atoms with Gasteiger partial charge in [0.1, 0.15) is 5.75 Å². The molecule has 1 aromatic carbocycles. The summed E-state index contributed by atoms with van der Waals surface area (Å²) in [5, 5.41) is 3.13. The van der Waals surface area contributed by atoms with Crippen molar-refractivity contribution in [3.63, 3.8) is 0 Å². The molecule has 0 aliphatic carbocycles. The van der Waals surface area contributed by atoms with Crippen LogP contribution in [-0.4, -0.2) is 26.2 Å². The Morgan fingerprint density at radius 2 is 2.05 bits per heavy atom. The van der Waals surface area contributed by atoms with E-state index in [1.54, 1.807) is 7.11 Å². The zero-order chi connectivity index (χ0) is 14.1. The number of nitrogens with two attached hydrogens (primary N) is 1. The molecule has 0 saturated heterocycles. The summed E-state index contributed by atoms with van der Waals surface area (Å²) in [5.74, 6) is 2.10. The van der Waals surface area contributed by atoms with Gasteiger partial charge in [-0.05, 0) is 30.4 Å². The standard InChI is InChI=1S/C15H25N3O.HI/c1-12(2)8-10-17-15(16)18-11-9-13-6-4-5-7-14(13)19-3;/h4-7,12H,8-11H2,1-3H3,(H3,16,17,18);1H. The van der Waals surface area contributed by atoms with E-state index in [0.717, 1.165) is 31.7 Å². The number of guanidine groups is 1. The molecule has 0 heterocycles. The van der Waals surface area contributed by atoms with Crippen LogP contribution in [0.2, 0.25) is 0 Å². The molecule has 0 bridgehead atoms. The lowest BCUT2D eigenvalue weighted by Crippen LogP contribution is -2.33. The number of rotatable bonds is 7. The van der Waals surface area contributed by atoms with Gasteiger partial charge in [-0.3, -0.25) is 4.99 Å². The van der Waals surface area contributed by atoms with Crippen LogP contribution in [0.25, 0.3) is 0 Å². The van der Waals surface area contributed by atoms with Gasteiger partial charge in [-0.1, -0.05) is 32.0 Å². The van der Waals surface area contributed by atoms with Gasteiger partial charge in [-0.2, -0.15) is 0 Å². The highest BCUT2D eigenvalue weighted by atomic mass is 127. The minimum absolute atomic E-state index is 0. The van der Waals surface area contributed by atoms with E-state index in [9.17, 15) is 0 Å². The maximum atomic E-state index is 5.80. The van der Waals surface area contributed by atoms with Gasteiger partial charge >= 0.3 is 0 Å². The monoisotopic (exact) mass is 391 g/mol. The minimum Gasteiger partial charge on any atom is -0.496 e. The first-order chi connectivity index (χ1) is 9.13.